The molecule has 0 saturated heterocycles. The number of carbonyl (C=O) groups is 1. The minimum Gasteiger partial charge on any atom is -0.490 e. The van der Waals surface area contributed by atoms with E-state index in [9.17, 15) is 9.90 Å². The maximum absolute atomic E-state index is 11.8. The molecule has 0 fully saturated rings. The Bertz CT molecular complexity index is 989. The second kappa shape index (κ2) is 8.94. The SMILES string of the molecule is CC(C)(C)C(O)c1cc(OCCOC(=O)Nc2ccncc2)cc2sc(Cl)nc12. The molecular weight excluding hydrogens is 414 g/mol. The summed E-state index contributed by atoms with van der Waals surface area (Å²) in [6.07, 6.45) is 1.83. The Labute approximate surface area is 177 Å². The zero-order valence-corrected chi connectivity index (χ0v) is 17.9. The smallest absolute Gasteiger partial charge is 0.411 e. The van der Waals surface area contributed by atoms with Gasteiger partial charge in [-0.15, -0.1) is 11.3 Å². The third-order valence-corrected chi connectivity index (χ3v) is 5.21. The first-order valence-electron chi connectivity index (χ1n) is 8.98. The van der Waals surface area contributed by atoms with Gasteiger partial charge in [0.25, 0.3) is 0 Å². The first kappa shape index (κ1) is 21.3. The molecule has 1 unspecified atom stereocenters. The highest BCUT2D eigenvalue weighted by molar-refractivity contribution is 7.22. The minimum atomic E-state index is -0.742. The zero-order valence-electron chi connectivity index (χ0n) is 16.3. The maximum atomic E-state index is 11.8. The fraction of sp³-hybridized carbons (Fsp3) is 0.350. The Hall–Kier alpha value is -2.42. The van der Waals surface area contributed by atoms with Crippen LogP contribution in [-0.4, -0.2) is 34.4 Å². The van der Waals surface area contributed by atoms with E-state index < -0.39 is 12.2 Å². The lowest BCUT2D eigenvalue weighted by Gasteiger charge is -2.26. The van der Waals surface area contributed by atoms with Gasteiger partial charge in [0.1, 0.15) is 19.0 Å². The molecule has 0 aliphatic carbocycles. The average molecular weight is 436 g/mol. The normalized spacial score (nSPS) is 12.6. The molecule has 29 heavy (non-hydrogen) atoms. The summed E-state index contributed by atoms with van der Waals surface area (Å²) in [5.41, 5.74) is 1.54. The molecule has 7 nitrogen and oxygen atoms in total. The van der Waals surface area contributed by atoms with Crippen LogP contribution in [0.1, 0.15) is 32.4 Å². The molecule has 9 heteroatoms. The van der Waals surface area contributed by atoms with Gasteiger partial charge < -0.3 is 14.6 Å². The van der Waals surface area contributed by atoms with Crippen LogP contribution in [0.5, 0.6) is 5.75 Å². The highest BCUT2D eigenvalue weighted by atomic mass is 35.5. The Morgan fingerprint density at radius 1 is 1.28 bits per heavy atom. The second-order valence-electron chi connectivity index (χ2n) is 7.44. The van der Waals surface area contributed by atoms with E-state index in [1.165, 1.54) is 11.3 Å². The third-order valence-electron chi connectivity index (χ3n) is 4.10. The van der Waals surface area contributed by atoms with Crippen LogP contribution in [0.15, 0.2) is 36.7 Å². The zero-order chi connectivity index (χ0) is 21.0. The molecule has 3 aromatic rings. The number of ether oxygens (including phenoxy) is 2. The van der Waals surface area contributed by atoms with E-state index in [1.54, 1.807) is 30.6 Å². The van der Waals surface area contributed by atoms with Crippen LogP contribution in [-0.2, 0) is 4.74 Å². The van der Waals surface area contributed by atoms with Gasteiger partial charge in [0.05, 0.1) is 16.3 Å². The number of nitrogens with one attached hydrogen (secondary N) is 1. The molecule has 2 N–H and O–H groups in total. The Morgan fingerprint density at radius 2 is 2.00 bits per heavy atom. The topological polar surface area (TPSA) is 93.6 Å². The molecule has 1 amide bonds. The Balaban J connectivity index is 1.63. The number of anilines is 1. The van der Waals surface area contributed by atoms with Crippen molar-refractivity contribution in [3.05, 3.63) is 46.7 Å². The van der Waals surface area contributed by atoms with Crippen LogP contribution in [0, 0.1) is 5.41 Å². The molecule has 2 heterocycles. The molecule has 154 valence electrons. The standard InChI is InChI=1S/C20H22ClN3O4S/c1-20(2,3)17(25)14-10-13(11-15-16(14)24-18(21)29-15)27-8-9-28-19(26)23-12-4-6-22-7-5-12/h4-7,10-11,17,25H,8-9H2,1-3H3,(H,22,23,26). The molecule has 1 atom stereocenters. The van der Waals surface area contributed by atoms with Gasteiger partial charge in [-0.2, -0.15) is 0 Å². The maximum Gasteiger partial charge on any atom is 0.411 e. The summed E-state index contributed by atoms with van der Waals surface area (Å²) in [6.45, 7) is 6.06. The molecular formula is C20H22ClN3O4S. The first-order chi connectivity index (χ1) is 13.7. The van der Waals surface area contributed by atoms with Crippen LogP contribution in [0.3, 0.4) is 0 Å². The van der Waals surface area contributed by atoms with E-state index in [0.29, 0.717) is 27.0 Å². The van der Waals surface area contributed by atoms with Crippen molar-refractivity contribution in [3.8, 4) is 5.75 Å². The predicted octanol–water partition coefficient (Wildman–Crippen LogP) is 5.05. The third kappa shape index (κ3) is 5.56. The van der Waals surface area contributed by atoms with Crippen molar-refractivity contribution < 1.29 is 19.4 Å². The number of fused-ring (bicyclic) bond motifs is 1. The number of halogens is 1. The number of aliphatic hydroxyl groups excluding tert-OH is 1. The lowest BCUT2D eigenvalue weighted by Crippen LogP contribution is -2.19. The van der Waals surface area contributed by atoms with Gasteiger partial charge in [0.15, 0.2) is 4.47 Å². The van der Waals surface area contributed by atoms with E-state index in [1.807, 2.05) is 26.8 Å². The van der Waals surface area contributed by atoms with E-state index >= 15 is 0 Å². The van der Waals surface area contributed by atoms with Gasteiger partial charge in [-0.05, 0) is 29.7 Å². The Morgan fingerprint density at radius 3 is 2.69 bits per heavy atom. The number of pyridine rings is 1. The van der Waals surface area contributed by atoms with E-state index in [2.05, 4.69) is 15.3 Å². The Kier molecular flexibility index (Phi) is 6.56. The van der Waals surface area contributed by atoms with Gasteiger partial charge in [0, 0.05) is 23.6 Å². The first-order valence-corrected chi connectivity index (χ1v) is 10.2. The number of carbonyl (C=O) groups excluding carboxylic acids is 1. The number of hydrogen-bond acceptors (Lipinski definition) is 7. The van der Waals surface area contributed by atoms with Crippen LogP contribution in [0.2, 0.25) is 4.47 Å². The van der Waals surface area contributed by atoms with Gasteiger partial charge in [0.2, 0.25) is 0 Å². The number of aromatic nitrogens is 2. The number of amides is 1. The average Bonchev–Trinajstić information content (AvgIpc) is 3.04. The van der Waals surface area contributed by atoms with Gasteiger partial charge in [-0.3, -0.25) is 10.3 Å². The number of thiazole rings is 1. The fourth-order valence-corrected chi connectivity index (χ4v) is 3.73. The van der Waals surface area contributed by atoms with E-state index in [4.69, 9.17) is 21.1 Å². The van der Waals surface area contributed by atoms with Crippen LogP contribution in [0.4, 0.5) is 10.5 Å². The van der Waals surface area contributed by atoms with Crippen molar-refractivity contribution in [1.82, 2.24) is 9.97 Å². The second-order valence-corrected chi connectivity index (χ2v) is 9.05. The summed E-state index contributed by atoms with van der Waals surface area (Å²) in [7, 11) is 0. The predicted molar refractivity (Wildman–Crippen MR) is 114 cm³/mol. The van der Waals surface area contributed by atoms with Crippen molar-refractivity contribution in [2.75, 3.05) is 18.5 Å². The highest BCUT2D eigenvalue weighted by Crippen LogP contribution is 2.40. The molecule has 0 radical (unpaired) electrons. The van der Waals surface area contributed by atoms with Gasteiger partial charge >= 0.3 is 6.09 Å². The lowest BCUT2D eigenvalue weighted by atomic mass is 9.84. The number of nitrogens with zero attached hydrogens (tertiary/aromatic N) is 2. The summed E-state index contributed by atoms with van der Waals surface area (Å²) in [4.78, 5) is 20.0. The highest BCUT2D eigenvalue weighted by Gasteiger charge is 2.27. The molecule has 1 aromatic carbocycles. The molecule has 3 rings (SSSR count). The van der Waals surface area contributed by atoms with Crippen molar-refractivity contribution >= 4 is 44.9 Å². The number of aliphatic hydroxyl groups is 1. The van der Waals surface area contributed by atoms with Crippen molar-refractivity contribution in [3.63, 3.8) is 0 Å². The summed E-state index contributed by atoms with van der Waals surface area (Å²) >= 11 is 7.39. The number of rotatable bonds is 6. The van der Waals surface area contributed by atoms with E-state index in [0.717, 1.165) is 4.70 Å². The van der Waals surface area contributed by atoms with Crippen molar-refractivity contribution in [2.24, 2.45) is 5.41 Å². The van der Waals surface area contributed by atoms with Crippen molar-refractivity contribution in [1.29, 1.82) is 0 Å². The van der Waals surface area contributed by atoms with Crippen LogP contribution >= 0.6 is 22.9 Å². The molecule has 0 spiro atoms. The van der Waals surface area contributed by atoms with Crippen molar-refractivity contribution in [2.45, 2.75) is 26.9 Å². The van der Waals surface area contributed by atoms with Crippen LogP contribution < -0.4 is 10.1 Å². The summed E-state index contributed by atoms with van der Waals surface area (Å²) < 4.78 is 12.1. The van der Waals surface area contributed by atoms with Gasteiger partial charge in [-0.25, -0.2) is 9.78 Å². The van der Waals surface area contributed by atoms with Gasteiger partial charge in [-0.1, -0.05) is 32.4 Å². The lowest BCUT2D eigenvalue weighted by molar-refractivity contribution is 0.0635. The summed E-state index contributed by atoms with van der Waals surface area (Å²) in [6, 6.07) is 6.89. The molecule has 0 bridgehead atoms. The largest absolute Gasteiger partial charge is 0.490 e. The quantitative estimate of drug-likeness (QED) is 0.526. The molecule has 0 aliphatic rings. The molecule has 0 saturated carbocycles. The number of hydrogen-bond donors (Lipinski definition) is 2. The number of benzene rings is 1. The minimum absolute atomic E-state index is 0.0650. The van der Waals surface area contributed by atoms with E-state index in [-0.39, 0.29) is 18.6 Å². The molecule has 2 aromatic heterocycles. The fourth-order valence-electron chi connectivity index (χ4n) is 2.64. The van der Waals surface area contributed by atoms with Crippen LogP contribution in [0.25, 0.3) is 10.2 Å². The monoisotopic (exact) mass is 435 g/mol. The summed E-state index contributed by atoms with van der Waals surface area (Å²) in [5.74, 6) is 0.550. The summed E-state index contributed by atoms with van der Waals surface area (Å²) in [5, 5.41) is 13.4. The molecule has 0 aliphatic heterocycles.